The van der Waals surface area contributed by atoms with Crippen molar-refractivity contribution in [2.45, 2.75) is 6.61 Å². The minimum absolute atomic E-state index is 0.0547. The minimum Gasteiger partial charge on any atom is -0.489 e. The molecular weight excluding hydrogens is 443 g/mol. The number of nitriles is 1. The van der Waals surface area contributed by atoms with E-state index in [0.29, 0.717) is 38.7 Å². The fraction of sp³-hybridized carbons (Fsp3) is 0.0435. The molecule has 0 saturated carbocycles. The summed E-state index contributed by atoms with van der Waals surface area (Å²) in [6, 6.07) is 21.0. The number of hydrogen-bond acceptors (Lipinski definition) is 3. The van der Waals surface area contributed by atoms with Crippen LogP contribution in [-0.2, 0) is 11.4 Å². The summed E-state index contributed by atoms with van der Waals surface area (Å²) in [6.45, 7) is 0.403. The van der Waals surface area contributed by atoms with Gasteiger partial charge in [0.15, 0.2) is 0 Å². The van der Waals surface area contributed by atoms with Gasteiger partial charge >= 0.3 is 0 Å². The molecule has 0 aliphatic carbocycles. The first-order chi connectivity index (χ1) is 14.4. The molecule has 7 heteroatoms. The highest BCUT2D eigenvalue weighted by molar-refractivity contribution is 6.35. The molecule has 0 spiro atoms. The van der Waals surface area contributed by atoms with Gasteiger partial charge in [-0.25, -0.2) is 0 Å². The Morgan fingerprint density at radius 1 is 0.933 bits per heavy atom. The summed E-state index contributed by atoms with van der Waals surface area (Å²) in [6.07, 6.45) is 1.49. The van der Waals surface area contributed by atoms with Crippen molar-refractivity contribution in [3.63, 3.8) is 0 Å². The predicted octanol–water partition coefficient (Wildman–Crippen LogP) is 6.77. The summed E-state index contributed by atoms with van der Waals surface area (Å²) in [5.41, 5.74) is 2.03. The van der Waals surface area contributed by atoms with Crippen LogP contribution in [-0.4, -0.2) is 5.91 Å². The minimum atomic E-state index is -0.557. The molecule has 0 atom stereocenters. The van der Waals surface area contributed by atoms with Crippen LogP contribution >= 0.6 is 34.8 Å². The van der Waals surface area contributed by atoms with Crippen LogP contribution in [0.4, 0.5) is 5.69 Å². The zero-order valence-corrected chi connectivity index (χ0v) is 17.8. The molecule has 150 valence electrons. The number of nitrogens with zero attached hydrogens (tertiary/aromatic N) is 1. The molecule has 0 bridgehead atoms. The lowest BCUT2D eigenvalue weighted by molar-refractivity contribution is -0.112. The Kier molecular flexibility index (Phi) is 7.37. The second kappa shape index (κ2) is 10.2. The van der Waals surface area contributed by atoms with E-state index in [1.54, 1.807) is 54.6 Å². The van der Waals surface area contributed by atoms with Gasteiger partial charge in [0.25, 0.3) is 5.91 Å². The molecule has 0 heterocycles. The quantitative estimate of drug-likeness (QED) is 0.328. The number of halogens is 3. The average molecular weight is 458 g/mol. The molecule has 4 nitrogen and oxygen atoms in total. The third-order valence-electron chi connectivity index (χ3n) is 4.00. The third-order valence-corrected chi connectivity index (χ3v) is 4.68. The monoisotopic (exact) mass is 456 g/mol. The number of benzene rings is 3. The maximum Gasteiger partial charge on any atom is 0.266 e. The van der Waals surface area contributed by atoms with Crippen molar-refractivity contribution >= 4 is 52.5 Å². The van der Waals surface area contributed by atoms with E-state index in [4.69, 9.17) is 39.5 Å². The molecule has 0 aliphatic heterocycles. The number of carbonyl (C=O) groups is 1. The van der Waals surface area contributed by atoms with Gasteiger partial charge in [-0.15, -0.1) is 0 Å². The van der Waals surface area contributed by atoms with E-state index in [-0.39, 0.29) is 5.57 Å². The summed E-state index contributed by atoms with van der Waals surface area (Å²) in [5.74, 6) is 0.109. The van der Waals surface area contributed by atoms with E-state index >= 15 is 0 Å². The Morgan fingerprint density at radius 3 is 2.17 bits per heavy atom. The van der Waals surface area contributed by atoms with Gasteiger partial charge in [-0.2, -0.15) is 5.26 Å². The number of nitrogens with one attached hydrogen (secondary N) is 1. The largest absolute Gasteiger partial charge is 0.489 e. The van der Waals surface area contributed by atoms with Crippen LogP contribution < -0.4 is 10.1 Å². The van der Waals surface area contributed by atoms with Crippen LogP contribution in [0.25, 0.3) is 6.08 Å². The first kappa shape index (κ1) is 21.7. The second-order valence-electron chi connectivity index (χ2n) is 6.27. The van der Waals surface area contributed by atoms with E-state index in [0.717, 1.165) is 5.56 Å². The molecule has 0 saturated heterocycles. The summed E-state index contributed by atoms with van der Waals surface area (Å²) in [5, 5.41) is 13.4. The molecule has 0 fully saturated rings. The van der Waals surface area contributed by atoms with Gasteiger partial charge < -0.3 is 10.1 Å². The SMILES string of the molecule is N#C/C(=C\c1ccc(OCc2ccc(Cl)cc2)cc1)C(=O)Nc1cc(Cl)cc(Cl)c1. The fourth-order valence-corrected chi connectivity index (χ4v) is 3.20. The van der Waals surface area contributed by atoms with Crippen LogP contribution in [0.15, 0.2) is 72.3 Å². The zero-order valence-electron chi connectivity index (χ0n) is 15.5. The lowest BCUT2D eigenvalue weighted by Gasteiger charge is -2.07. The lowest BCUT2D eigenvalue weighted by atomic mass is 10.1. The van der Waals surface area contributed by atoms with Crippen molar-refractivity contribution in [1.82, 2.24) is 0 Å². The predicted molar refractivity (Wildman–Crippen MR) is 121 cm³/mol. The first-order valence-electron chi connectivity index (χ1n) is 8.79. The van der Waals surface area contributed by atoms with Crippen molar-refractivity contribution in [1.29, 1.82) is 5.26 Å². The van der Waals surface area contributed by atoms with Crippen molar-refractivity contribution in [3.05, 3.63) is 98.5 Å². The van der Waals surface area contributed by atoms with E-state index in [2.05, 4.69) is 5.32 Å². The van der Waals surface area contributed by atoms with Crippen LogP contribution in [0.3, 0.4) is 0 Å². The molecule has 3 aromatic rings. The van der Waals surface area contributed by atoms with E-state index in [1.165, 1.54) is 6.08 Å². The summed E-state index contributed by atoms with van der Waals surface area (Å²) < 4.78 is 5.73. The molecule has 30 heavy (non-hydrogen) atoms. The average Bonchev–Trinajstić information content (AvgIpc) is 2.71. The normalized spacial score (nSPS) is 10.9. The third kappa shape index (κ3) is 6.27. The van der Waals surface area contributed by atoms with E-state index in [1.807, 2.05) is 18.2 Å². The smallest absolute Gasteiger partial charge is 0.266 e. The van der Waals surface area contributed by atoms with Gasteiger partial charge in [0.2, 0.25) is 0 Å². The molecule has 1 amide bonds. The summed E-state index contributed by atoms with van der Waals surface area (Å²) >= 11 is 17.7. The lowest BCUT2D eigenvalue weighted by Crippen LogP contribution is -2.13. The van der Waals surface area contributed by atoms with Gasteiger partial charge in [0.1, 0.15) is 24.0 Å². The molecule has 0 aliphatic rings. The highest BCUT2D eigenvalue weighted by Gasteiger charge is 2.10. The maximum atomic E-state index is 12.4. The van der Waals surface area contributed by atoms with Gasteiger partial charge in [-0.3, -0.25) is 4.79 Å². The second-order valence-corrected chi connectivity index (χ2v) is 7.58. The van der Waals surface area contributed by atoms with Crippen LogP contribution in [0.1, 0.15) is 11.1 Å². The van der Waals surface area contributed by atoms with Gasteiger partial charge in [-0.05, 0) is 59.7 Å². The molecule has 1 N–H and O–H groups in total. The van der Waals surface area contributed by atoms with Crippen molar-refractivity contribution in [2.75, 3.05) is 5.32 Å². The van der Waals surface area contributed by atoms with Crippen LogP contribution in [0.2, 0.25) is 15.1 Å². The molecular formula is C23H15Cl3N2O2. The zero-order chi connectivity index (χ0) is 21.5. The van der Waals surface area contributed by atoms with Crippen molar-refractivity contribution < 1.29 is 9.53 Å². The van der Waals surface area contributed by atoms with Gasteiger partial charge in [0, 0.05) is 20.8 Å². The van der Waals surface area contributed by atoms with Crippen LogP contribution in [0.5, 0.6) is 5.75 Å². The number of hydrogen-bond donors (Lipinski definition) is 1. The number of anilines is 1. The number of ether oxygens (including phenoxy) is 1. The van der Waals surface area contributed by atoms with Crippen molar-refractivity contribution in [2.24, 2.45) is 0 Å². The number of amides is 1. The number of carbonyl (C=O) groups excluding carboxylic acids is 1. The first-order valence-corrected chi connectivity index (χ1v) is 9.93. The number of rotatable bonds is 6. The molecule has 0 radical (unpaired) electrons. The van der Waals surface area contributed by atoms with Crippen molar-refractivity contribution in [3.8, 4) is 11.8 Å². The molecule has 0 unspecified atom stereocenters. The summed E-state index contributed by atoms with van der Waals surface area (Å²) in [4.78, 5) is 12.4. The fourth-order valence-electron chi connectivity index (χ4n) is 2.55. The summed E-state index contributed by atoms with van der Waals surface area (Å²) in [7, 11) is 0. The maximum absolute atomic E-state index is 12.4. The van der Waals surface area contributed by atoms with E-state index < -0.39 is 5.91 Å². The molecule has 0 aromatic heterocycles. The van der Waals surface area contributed by atoms with Crippen LogP contribution in [0, 0.1) is 11.3 Å². The highest BCUT2D eigenvalue weighted by Crippen LogP contribution is 2.23. The standard InChI is InChI=1S/C23H15Cl3N2O2/c24-18-5-1-16(2-6-18)14-30-22-7-3-15(4-8-22)9-17(13-27)23(29)28-21-11-19(25)10-20(26)12-21/h1-12H,14H2,(H,28,29)/b17-9+. The van der Waals surface area contributed by atoms with Gasteiger partial charge in [-0.1, -0.05) is 59.1 Å². The Morgan fingerprint density at radius 2 is 1.57 bits per heavy atom. The molecule has 3 aromatic carbocycles. The Hall–Kier alpha value is -2.97. The van der Waals surface area contributed by atoms with Gasteiger partial charge in [0.05, 0.1) is 0 Å². The molecule has 3 rings (SSSR count). The highest BCUT2D eigenvalue weighted by atomic mass is 35.5. The Labute approximate surface area is 189 Å². The topological polar surface area (TPSA) is 62.1 Å². The van der Waals surface area contributed by atoms with E-state index in [9.17, 15) is 10.1 Å². The Balaban J connectivity index is 1.65. The Bertz CT molecular complexity index is 1100.